The summed E-state index contributed by atoms with van der Waals surface area (Å²) in [5.41, 5.74) is 7.60. The summed E-state index contributed by atoms with van der Waals surface area (Å²) in [6.45, 7) is 5.59. The third-order valence-corrected chi connectivity index (χ3v) is 5.16. The van der Waals surface area contributed by atoms with Crippen LogP contribution in [0.15, 0.2) is 18.2 Å². The normalized spacial score (nSPS) is 19.5. The Bertz CT molecular complexity index is 621. The molecule has 24 heavy (non-hydrogen) atoms. The van der Waals surface area contributed by atoms with Gasteiger partial charge in [0.25, 0.3) is 5.91 Å². The van der Waals surface area contributed by atoms with Crippen LogP contribution in [0.5, 0.6) is 0 Å². The summed E-state index contributed by atoms with van der Waals surface area (Å²) in [5, 5.41) is 6.19. The molecule has 0 saturated carbocycles. The van der Waals surface area contributed by atoms with E-state index in [-0.39, 0.29) is 11.8 Å². The fourth-order valence-corrected chi connectivity index (χ4v) is 3.35. The van der Waals surface area contributed by atoms with Crippen LogP contribution >= 0.6 is 0 Å². The van der Waals surface area contributed by atoms with Gasteiger partial charge in [-0.1, -0.05) is 6.92 Å². The summed E-state index contributed by atoms with van der Waals surface area (Å²) >= 11 is 0. The van der Waals surface area contributed by atoms with Crippen LogP contribution in [0.4, 0.5) is 11.4 Å². The van der Waals surface area contributed by atoms with E-state index < -0.39 is 5.91 Å². The van der Waals surface area contributed by atoms with E-state index in [1.807, 2.05) is 13.0 Å². The van der Waals surface area contributed by atoms with Gasteiger partial charge in [-0.3, -0.25) is 9.59 Å². The fourth-order valence-electron chi connectivity index (χ4n) is 3.35. The van der Waals surface area contributed by atoms with Crippen molar-refractivity contribution in [3.63, 3.8) is 0 Å². The minimum atomic E-state index is -0.428. The summed E-state index contributed by atoms with van der Waals surface area (Å²) in [7, 11) is 0. The number of primary amides is 1. The van der Waals surface area contributed by atoms with Crippen molar-refractivity contribution in [2.75, 3.05) is 36.4 Å². The van der Waals surface area contributed by atoms with Gasteiger partial charge in [0, 0.05) is 24.7 Å². The molecule has 0 bridgehead atoms. The Morgan fingerprint density at radius 2 is 1.96 bits per heavy atom. The van der Waals surface area contributed by atoms with Crippen LogP contribution in [0.25, 0.3) is 0 Å². The highest BCUT2D eigenvalue weighted by Crippen LogP contribution is 2.28. The molecule has 2 heterocycles. The lowest BCUT2D eigenvalue weighted by atomic mass is 9.88. The maximum absolute atomic E-state index is 12.4. The fraction of sp³-hybridized carbons (Fsp3) is 0.556. The van der Waals surface area contributed by atoms with Crippen LogP contribution in [-0.2, 0) is 4.79 Å². The first kappa shape index (κ1) is 16.8. The second-order valence-electron chi connectivity index (χ2n) is 6.84. The summed E-state index contributed by atoms with van der Waals surface area (Å²) in [5.74, 6) is -0.0303. The second-order valence-corrected chi connectivity index (χ2v) is 6.84. The minimum Gasteiger partial charge on any atom is -0.371 e. The second kappa shape index (κ2) is 7.21. The molecule has 130 valence electrons. The van der Waals surface area contributed by atoms with Gasteiger partial charge in [-0.15, -0.1) is 0 Å². The minimum absolute atomic E-state index is 0.0259. The molecule has 0 aliphatic carbocycles. The van der Waals surface area contributed by atoms with Crippen molar-refractivity contribution in [3.05, 3.63) is 23.8 Å². The van der Waals surface area contributed by atoms with Crippen LogP contribution < -0.4 is 21.3 Å². The first-order valence-electron chi connectivity index (χ1n) is 8.76. The van der Waals surface area contributed by atoms with Crippen LogP contribution in [0.3, 0.4) is 0 Å². The lowest BCUT2D eigenvalue weighted by Gasteiger charge is -2.32. The van der Waals surface area contributed by atoms with Crippen LogP contribution in [0.2, 0.25) is 0 Å². The van der Waals surface area contributed by atoms with Crippen molar-refractivity contribution in [2.45, 2.75) is 26.2 Å². The monoisotopic (exact) mass is 330 g/mol. The molecule has 0 aromatic heterocycles. The maximum Gasteiger partial charge on any atom is 0.250 e. The van der Waals surface area contributed by atoms with Crippen molar-refractivity contribution in [1.82, 2.24) is 5.32 Å². The number of carbonyl (C=O) groups excluding carboxylic acids is 2. The number of nitrogens with two attached hydrogens (primary N) is 1. The van der Waals surface area contributed by atoms with Crippen molar-refractivity contribution in [2.24, 2.45) is 17.6 Å². The number of carbonyl (C=O) groups is 2. The molecule has 2 aliphatic heterocycles. The van der Waals surface area contributed by atoms with Crippen molar-refractivity contribution in [1.29, 1.82) is 0 Å². The Morgan fingerprint density at radius 1 is 1.25 bits per heavy atom. The molecule has 6 heteroatoms. The SMILES string of the molecule is CC(C(=O)Nc1ccc(C(N)=O)c(N2CCCCC2)c1)C1CNC1. The van der Waals surface area contributed by atoms with E-state index in [4.69, 9.17) is 5.73 Å². The van der Waals surface area contributed by atoms with E-state index in [2.05, 4.69) is 15.5 Å². The largest absolute Gasteiger partial charge is 0.371 e. The number of anilines is 2. The lowest BCUT2D eigenvalue weighted by molar-refractivity contribution is -0.121. The van der Waals surface area contributed by atoms with Crippen LogP contribution in [-0.4, -0.2) is 38.0 Å². The van der Waals surface area contributed by atoms with Gasteiger partial charge in [0.2, 0.25) is 5.91 Å². The van der Waals surface area contributed by atoms with E-state index in [1.54, 1.807) is 12.1 Å². The number of nitrogens with zero attached hydrogens (tertiary/aromatic N) is 1. The van der Waals surface area contributed by atoms with Crippen LogP contribution in [0.1, 0.15) is 36.5 Å². The Balaban J connectivity index is 1.78. The molecule has 2 saturated heterocycles. The highest BCUT2D eigenvalue weighted by atomic mass is 16.2. The molecular formula is C18H26N4O2. The molecule has 0 radical (unpaired) electrons. The standard InChI is InChI=1S/C18H26N4O2/c1-12(13-10-20-11-13)18(24)21-14-5-6-15(17(19)23)16(9-14)22-7-3-2-4-8-22/h5-6,9,12-13,20H,2-4,7-8,10-11H2,1H3,(H2,19,23)(H,21,24). The number of amides is 2. The molecule has 6 nitrogen and oxygen atoms in total. The average molecular weight is 330 g/mol. The van der Waals surface area contributed by atoms with Gasteiger partial charge in [0.05, 0.1) is 11.3 Å². The van der Waals surface area contributed by atoms with E-state index in [0.29, 0.717) is 11.5 Å². The Labute approximate surface area is 142 Å². The van der Waals surface area contributed by atoms with Crippen molar-refractivity contribution in [3.8, 4) is 0 Å². The number of nitrogens with one attached hydrogen (secondary N) is 2. The van der Waals surface area contributed by atoms with Gasteiger partial charge in [-0.05, 0) is 56.5 Å². The van der Waals surface area contributed by atoms with Crippen LogP contribution in [0, 0.1) is 11.8 Å². The first-order chi connectivity index (χ1) is 11.6. The quantitative estimate of drug-likeness (QED) is 0.765. The van der Waals surface area contributed by atoms with Gasteiger partial charge >= 0.3 is 0 Å². The van der Waals surface area contributed by atoms with E-state index in [9.17, 15) is 9.59 Å². The van der Waals surface area contributed by atoms with Crippen molar-refractivity contribution < 1.29 is 9.59 Å². The first-order valence-corrected chi connectivity index (χ1v) is 8.76. The predicted octanol–water partition coefficient (Wildman–Crippen LogP) is 1.57. The average Bonchev–Trinajstić information content (AvgIpc) is 2.53. The highest BCUT2D eigenvalue weighted by molar-refractivity contribution is 6.00. The Morgan fingerprint density at radius 3 is 2.54 bits per heavy atom. The number of piperidine rings is 1. The topological polar surface area (TPSA) is 87.5 Å². The molecule has 3 rings (SSSR count). The molecule has 2 fully saturated rings. The van der Waals surface area contributed by atoms with Crippen molar-refractivity contribution >= 4 is 23.2 Å². The predicted molar refractivity (Wildman–Crippen MR) is 95.2 cm³/mol. The summed E-state index contributed by atoms with van der Waals surface area (Å²) in [6.07, 6.45) is 3.44. The summed E-state index contributed by atoms with van der Waals surface area (Å²) in [6, 6.07) is 5.36. The van der Waals surface area contributed by atoms with E-state index in [1.165, 1.54) is 6.42 Å². The molecule has 1 atom stereocenters. The van der Waals surface area contributed by atoms with E-state index >= 15 is 0 Å². The summed E-state index contributed by atoms with van der Waals surface area (Å²) in [4.78, 5) is 26.3. The number of hydrogen-bond acceptors (Lipinski definition) is 4. The maximum atomic E-state index is 12.4. The lowest BCUT2D eigenvalue weighted by Crippen LogP contribution is -2.48. The molecule has 0 spiro atoms. The molecular weight excluding hydrogens is 304 g/mol. The zero-order chi connectivity index (χ0) is 17.1. The molecule has 2 aliphatic rings. The van der Waals surface area contributed by atoms with E-state index in [0.717, 1.165) is 50.4 Å². The molecule has 2 amide bonds. The number of hydrogen-bond donors (Lipinski definition) is 3. The molecule has 1 unspecified atom stereocenters. The smallest absolute Gasteiger partial charge is 0.250 e. The Hall–Kier alpha value is -2.08. The number of rotatable bonds is 5. The highest BCUT2D eigenvalue weighted by Gasteiger charge is 2.29. The third kappa shape index (κ3) is 3.53. The zero-order valence-electron chi connectivity index (χ0n) is 14.2. The van der Waals surface area contributed by atoms with Gasteiger partial charge < -0.3 is 21.3 Å². The van der Waals surface area contributed by atoms with Gasteiger partial charge in [-0.2, -0.15) is 0 Å². The molecule has 1 aromatic carbocycles. The number of benzene rings is 1. The molecule has 4 N–H and O–H groups in total. The summed E-state index contributed by atoms with van der Waals surface area (Å²) < 4.78 is 0. The zero-order valence-corrected chi connectivity index (χ0v) is 14.2. The Kier molecular flexibility index (Phi) is 5.04. The van der Waals surface area contributed by atoms with Gasteiger partial charge in [0.15, 0.2) is 0 Å². The van der Waals surface area contributed by atoms with Gasteiger partial charge in [-0.25, -0.2) is 0 Å². The third-order valence-electron chi connectivity index (χ3n) is 5.16. The van der Waals surface area contributed by atoms with Gasteiger partial charge in [0.1, 0.15) is 0 Å². The molecule has 1 aromatic rings.